The molecule has 0 bridgehead atoms. The van der Waals surface area contributed by atoms with Crippen molar-refractivity contribution >= 4 is 27.7 Å². The number of aromatic nitrogens is 3. The highest BCUT2D eigenvalue weighted by Gasteiger charge is 2.14. The summed E-state index contributed by atoms with van der Waals surface area (Å²) in [6.45, 7) is 1.49. The zero-order valence-corrected chi connectivity index (χ0v) is 16.8. The highest BCUT2D eigenvalue weighted by molar-refractivity contribution is 6.02. The van der Waals surface area contributed by atoms with Gasteiger partial charge < -0.3 is 10.2 Å². The fourth-order valence-electron chi connectivity index (χ4n) is 3.40. The van der Waals surface area contributed by atoms with Gasteiger partial charge in [-0.05, 0) is 57.4 Å². The van der Waals surface area contributed by atoms with Crippen LogP contribution in [0, 0.1) is 5.82 Å². The van der Waals surface area contributed by atoms with Gasteiger partial charge in [-0.25, -0.2) is 9.07 Å². The molecule has 0 spiro atoms. The summed E-state index contributed by atoms with van der Waals surface area (Å²) in [5.74, 6) is -0.598. The van der Waals surface area contributed by atoms with Crippen LogP contribution in [0.2, 0.25) is 0 Å². The van der Waals surface area contributed by atoms with Gasteiger partial charge in [-0.2, -0.15) is 0 Å². The summed E-state index contributed by atoms with van der Waals surface area (Å²) in [7, 11) is 3.98. The van der Waals surface area contributed by atoms with Crippen LogP contribution in [-0.2, 0) is 0 Å². The van der Waals surface area contributed by atoms with Crippen LogP contribution < -0.4 is 10.9 Å². The first-order chi connectivity index (χ1) is 14.5. The van der Waals surface area contributed by atoms with Crippen LogP contribution in [0.1, 0.15) is 16.8 Å². The number of nitrogens with zero attached hydrogens (tertiary/aromatic N) is 3. The second kappa shape index (κ2) is 8.08. The maximum atomic E-state index is 14.0. The molecule has 0 atom stereocenters. The van der Waals surface area contributed by atoms with Crippen LogP contribution >= 0.6 is 0 Å². The number of nitrogens with one attached hydrogen (secondary N) is 2. The number of H-pyrrole nitrogens is 1. The third kappa shape index (κ3) is 3.69. The van der Waals surface area contributed by atoms with Crippen LogP contribution in [0.25, 0.3) is 27.5 Å². The normalized spacial score (nSPS) is 11.5. The number of rotatable bonds is 6. The SMILES string of the molecule is CN(C)CCCNC(=O)c1ccc(-n2[nH]c3c(cnc4c(F)cccc43)c2=O)cc1. The van der Waals surface area contributed by atoms with E-state index in [0.29, 0.717) is 34.1 Å². The van der Waals surface area contributed by atoms with E-state index in [1.807, 2.05) is 14.1 Å². The average Bonchev–Trinajstić information content (AvgIpc) is 3.08. The van der Waals surface area contributed by atoms with Crippen LogP contribution in [0.3, 0.4) is 0 Å². The van der Waals surface area contributed by atoms with Gasteiger partial charge in [0.15, 0.2) is 0 Å². The molecule has 0 radical (unpaired) electrons. The van der Waals surface area contributed by atoms with Crippen LogP contribution in [0.15, 0.2) is 53.5 Å². The van der Waals surface area contributed by atoms with Crippen molar-refractivity contribution in [3.8, 4) is 5.69 Å². The number of halogens is 1. The Morgan fingerprint density at radius 1 is 1.17 bits per heavy atom. The second-order valence-corrected chi connectivity index (χ2v) is 7.39. The van der Waals surface area contributed by atoms with Crippen LogP contribution in [0.5, 0.6) is 0 Å². The number of aromatic amines is 1. The van der Waals surface area contributed by atoms with E-state index < -0.39 is 5.82 Å². The number of hydrogen-bond donors (Lipinski definition) is 2. The molecule has 0 aliphatic rings. The molecule has 4 aromatic rings. The zero-order chi connectivity index (χ0) is 21.3. The summed E-state index contributed by atoms with van der Waals surface area (Å²) in [4.78, 5) is 31.3. The summed E-state index contributed by atoms with van der Waals surface area (Å²) in [6.07, 6.45) is 2.25. The molecule has 2 aromatic carbocycles. The molecule has 2 N–H and O–H groups in total. The van der Waals surface area contributed by atoms with Gasteiger partial charge in [0.25, 0.3) is 11.5 Å². The fraction of sp³-hybridized carbons (Fsp3) is 0.227. The Morgan fingerprint density at radius 2 is 1.93 bits per heavy atom. The van der Waals surface area contributed by atoms with Gasteiger partial charge in [-0.3, -0.25) is 19.7 Å². The maximum Gasteiger partial charge on any atom is 0.280 e. The van der Waals surface area contributed by atoms with Crippen LogP contribution in [0.4, 0.5) is 4.39 Å². The Labute approximate surface area is 172 Å². The summed E-state index contributed by atoms with van der Waals surface area (Å²) in [5, 5.41) is 6.84. The van der Waals surface area contributed by atoms with E-state index in [2.05, 4.69) is 20.3 Å². The van der Waals surface area contributed by atoms with Crippen molar-refractivity contribution in [1.82, 2.24) is 25.0 Å². The van der Waals surface area contributed by atoms with Gasteiger partial charge in [-0.1, -0.05) is 12.1 Å². The van der Waals surface area contributed by atoms with Gasteiger partial charge in [0.1, 0.15) is 11.3 Å². The number of pyridine rings is 1. The summed E-state index contributed by atoms with van der Waals surface area (Å²) < 4.78 is 15.4. The number of benzene rings is 2. The molecule has 2 aromatic heterocycles. The van der Waals surface area contributed by atoms with E-state index in [4.69, 9.17) is 0 Å². The lowest BCUT2D eigenvalue weighted by molar-refractivity contribution is 0.0952. The van der Waals surface area contributed by atoms with E-state index in [9.17, 15) is 14.0 Å². The Balaban J connectivity index is 1.61. The topological polar surface area (TPSA) is 83.0 Å². The maximum absolute atomic E-state index is 14.0. The first-order valence-electron chi connectivity index (χ1n) is 9.67. The standard InChI is InChI=1S/C22H22FN5O2/c1-27(2)12-4-11-24-21(29)14-7-9-15(10-8-14)28-22(30)17-13-25-20-16(19(17)26-28)5-3-6-18(20)23/h3,5-10,13,26H,4,11-12H2,1-2H3,(H,24,29). The van der Waals surface area contributed by atoms with Crippen molar-refractivity contribution in [3.05, 3.63) is 70.4 Å². The molecule has 4 rings (SSSR count). The van der Waals surface area contributed by atoms with Gasteiger partial charge in [-0.15, -0.1) is 0 Å². The predicted octanol–water partition coefficient (Wildman–Crippen LogP) is 2.69. The Bertz CT molecular complexity index is 1270. The molecule has 154 valence electrons. The minimum absolute atomic E-state index is 0.157. The molecule has 0 fully saturated rings. The number of para-hydroxylation sites is 1. The van der Waals surface area contributed by atoms with Crippen molar-refractivity contribution in [2.24, 2.45) is 0 Å². The van der Waals surface area contributed by atoms with Gasteiger partial charge in [0.2, 0.25) is 0 Å². The lowest BCUT2D eigenvalue weighted by atomic mass is 10.1. The summed E-state index contributed by atoms with van der Waals surface area (Å²) in [6, 6.07) is 11.4. The largest absolute Gasteiger partial charge is 0.352 e. The molecule has 8 heteroatoms. The summed E-state index contributed by atoms with van der Waals surface area (Å²) in [5.41, 5.74) is 1.53. The molecule has 30 heavy (non-hydrogen) atoms. The van der Waals surface area contributed by atoms with Crippen molar-refractivity contribution < 1.29 is 9.18 Å². The Kier molecular flexibility index (Phi) is 5.33. The van der Waals surface area contributed by atoms with E-state index in [1.165, 1.54) is 16.9 Å². The minimum Gasteiger partial charge on any atom is -0.352 e. The second-order valence-electron chi connectivity index (χ2n) is 7.39. The lowest BCUT2D eigenvalue weighted by Crippen LogP contribution is -2.27. The molecular weight excluding hydrogens is 385 g/mol. The average molecular weight is 407 g/mol. The van der Waals surface area contributed by atoms with E-state index in [0.717, 1.165) is 13.0 Å². The van der Waals surface area contributed by atoms with E-state index >= 15 is 0 Å². The molecule has 1 amide bonds. The molecule has 2 heterocycles. The molecule has 0 aliphatic carbocycles. The molecule has 0 unspecified atom stereocenters. The zero-order valence-electron chi connectivity index (χ0n) is 16.8. The van der Waals surface area contributed by atoms with E-state index in [1.54, 1.807) is 36.4 Å². The predicted molar refractivity (Wildman–Crippen MR) is 115 cm³/mol. The molecule has 0 aliphatic heterocycles. The van der Waals surface area contributed by atoms with Crippen molar-refractivity contribution in [1.29, 1.82) is 0 Å². The van der Waals surface area contributed by atoms with Gasteiger partial charge in [0, 0.05) is 23.7 Å². The first kappa shape index (κ1) is 19.8. The number of amides is 1. The minimum atomic E-state index is -0.441. The molecule has 7 nitrogen and oxygen atoms in total. The van der Waals surface area contributed by atoms with Crippen molar-refractivity contribution in [3.63, 3.8) is 0 Å². The summed E-state index contributed by atoms with van der Waals surface area (Å²) >= 11 is 0. The number of fused-ring (bicyclic) bond motifs is 3. The third-order valence-electron chi connectivity index (χ3n) is 4.96. The quantitative estimate of drug-likeness (QED) is 0.482. The highest BCUT2D eigenvalue weighted by Crippen LogP contribution is 2.22. The Morgan fingerprint density at radius 3 is 2.67 bits per heavy atom. The highest BCUT2D eigenvalue weighted by atomic mass is 19.1. The van der Waals surface area contributed by atoms with E-state index in [-0.39, 0.29) is 17.0 Å². The number of carbonyl (C=O) groups is 1. The first-order valence-corrected chi connectivity index (χ1v) is 9.67. The van der Waals surface area contributed by atoms with Crippen molar-refractivity contribution in [2.45, 2.75) is 6.42 Å². The number of hydrogen-bond acceptors (Lipinski definition) is 4. The lowest BCUT2D eigenvalue weighted by Gasteiger charge is -2.10. The molecule has 0 saturated carbocycles. The monoisotopic (exact) mass is 407 g/mol. The van der Waals surface area contributed by atoms with Gasteiger partial charge >= 0.3 is 0 Å². The third-order valence-corrected chi connectivity index (χ3v) is 4.96. The smallest absolute Gasteiger partial charge is 0.280 e. The molecule has 0 saturated heterocycles. The fourth-order valence-corrected chi connectivity index (χ4v) is 3.40. The van der Waals surface area contributed by atoms with Crippen molar-refractivity contribution in [2.75, 3.05) is 27.2 Å². The van der Waals surface area contributed by atoms with Gasteiger partial charge in [0.05, 0.1) is 16.6 Å². The Hall–Kier alpha value is -3.52. The number of carbonyl (C=O) groups excluding carboxylic acids is 1. The molecular formula is C22H22FN5O2. The van der Waals surface area contributed by atoms with Crippen LogP contribution in [-0.4, -0.2) is 52.8 Å².